The summed E-state index contributed by atoms with van der Waals surface area (Å²) in [5.41, 5.74) is 0.682. The van der Waals surface area contributed by atoms with Crippen LogP contribution in [0.2, 0.25) is 0 Å². The lowest BCUT2D eigenvalue weighted by Crippen LogP contribution is -2.03. The largest absolute Gasteiger partial charge is 0.508 e. The van der Waals surface area contributed by atoms with Gasteiger partial charge in [-0.2, -0.15) is 0 Å². The number of hydrogen-bond acceptors (Lipinski definition) is 3. The SMILES string of the molecule is O=c1[nH]c2ccc(O)cc2c2ccsc12. The van der Waals surface area contributed by atoms with E-state index in [0.29, 0.717) is 4.70 Å². The summed E-state index contributed by atoms with van der Waals surface area (Å²) in [4.78, 5) is 14.4. The molecule has 2 heterocycles. The number of H-pyrrole nitrogens is 1. The van der Waals surface area contributed by atoms with Crippen LogP contribution in [0.1, 0.15) is 0 Å². The van der Waals surface area contributed by atoms with Crippen LogP contribution >= 0.6 is 11.3 Å². The number of thiophene rings is 1. The summed E-state index contributed by atoms with van der Waals surface area (Å²) in [6.07, 6.45) is 0. The normalized spacial score (nSPS) is 11.2. The predicted octanol–water partition coefficient (Wildman–Crippen LogP) is 2.45. The van der Waals surface area contributed by atoms with E-state index < -0.39 is 0 Å². The fourth-order valence-corrected chi connectivity index (χ4v) is 2.54. The Morgan fingerprint density at radius 2 is 2.07 bits per heavy atom. The number of pyridine rings is 1. The fourth-order valence-electron chi connectivity index (χ4n) is 1.74. The van der Waals surface area contributed by atoms with Crippen molar-refractivity contribution < 1.29 is 5.11 Å². The second-order valence-corrected chi connectivity index (χ2v) is 4.26. The van der Waals surface area contributed by atoms with Gasteiger partial charge >= 0.3 is 0 Å². The average Bonchev–Trinajstić information content (AvgIpc) is 2.69. The van der Waals surface area contributed by atoms with Gasteiger partial charge < -0.3 is 10.1 Å². The molecule has 0 aliphatic rings. The van der Waals surface area contributed by atoms with E-state index in [2.05, 4.69) is 4.98 Å². The minimum Gasteiger partial charge on any atom is -0.508 e. The van der Waals surface area contributed by atoms with Crippen LogP contribution in [0.3, 0.4) is 0 Å². The Kier molecular flexibility index (Phi) is 1.61. The number of phenolic OH excluding ortho intramolecular Hbond substituents is 1. The molecule has 0 unspecified atom stereocenters. The summed E-state index contributed by atoms with van der Waals surface area (Å²) in [5, 5.41) is 13.1. The molecule has 1 aromatic carbocycles. The van der Waals surface area contributed by atoms with Gasteiger partial charge in [0, 0.05) is 16.3 Å². The third-order valence-corrected chi connectivity index (χ3v) is 3.33. The van der Waals surface area contributed by atoms with E-state index in [0.717, 1.165) is 16.3 Å². The van der Waals surface area contributed by atoms with E-state index in [-0.39, 0.29) is 11.3 Å². The number of aromatic nitrogens is 1. The Labute approximate surface area is 88.6 Å². The molecule has 15 heavy (non-hydrogen) atoms. The summed E-state index contributed by atoms with van der Waals surface area (Å²) < 4.78 is 0.702. The Morgan fingerprint density at radius 1 is 1.20 bits per heavy atom. The number of hydrogen-bond donors (Lipinski definition) is 2. The van der Waals surface area contributed by atoms with E-state index in [9.17, 15) is 9.90 Å². The molecule has 0 saturated heterocycles. The molecular formula is C11H7NO2S. The number of benzene rings is 1. The molecule has 0 amide bonds. The molecule has 0 aliphatic heterocycles. The fraction of sp³-hybridized carbons (Fsp3) is 0. The minimum atomic E-state index is -0.0711. The van der Waals surface area contributed by atoms with E-state index in [1.54, 1.807) is 18.2 Å². The van der Waals surface area contributed by atoms with E-state index in [1.807, 2.05) is 11.4 Å². The maximum Gasteiger partial charge on any atom is 0.266 e. The van der Waals surface area contributed by atoms with Gasteiger partial charge in [-0.25, -0.2) is 0 Å². The van der Waals surface area contributed by atoms with Gasteiger partial charge in [-0.1, -0.05) is 0 Å². The molecule has 2 N–H and O–H groups in total. The van der Waals surface area contributed by atoms with Gasteiger partial charge in [-0.05, 0) is 29.6 Å². The first-order valence-electron chi connectivity index (χ1n) is 4.48. The molecular weight excluding hydrogens is 210 g/mol. The van der Waals surface area contributed by atoms with Crippen molar-refractivity contribution in [1.82, 2.24) is 4.98 Å². The topological polar surface area (TPSA) is 53.1 Å². The highest BCUT2D eigenvalue weighted by molar-refractivity contribution is 7.17. The zero-order valence-electron chi connectivity index (χ0n) is 7.65. The molecule has 2 aromatic heterocycles. The Hall–Kier alpha value is -1.81. The van der Waals surface area contributed by atoms with E-state index in [1.165, 1.54) is 11.3 Å². The number of nitrogens with one attached hydrogen (secondary N) is 1. The number of fused-ring (bicyclic) bond motifs is 3. The Morgan fingerprint density at radius 3 is 2.93 bits per heavy atom. The van der Waals surface area contributed by atoms with Gasteiger partial charge in [0.2, 0.25) is 0 Å². The first kappa shape index (κ1) is 8.49. The highest BCUT2D eigenvalue weighted by atomic mass is 32.1. The highest BCUT2D eigenvalue weighted by Gasteiger charge is 2.06. The molecule has 0 saturated carbocycles. The molecule has 3 nitrogen and oxygen atoms in total. The van der Waals surface area contributed by atoms with Crippen LogP contribution in [0.4, 0.5) is 0 Å². The van der Waals surface area contributed by atoms with Crippen LogP contribution in [0.25, 0.3) is 21.0 Å². The smallest absolute Gasteiger partial charge is 0.266 e. The van der Waals surface area contributed by atoms with Crippen molar-refractivity contribution in [3.05, 3.63) is 40.0 Å². The average molecular weight is 217 g/mol. The molecule has 0 fully saturated rings. The van der Waals surface area contributed by atoms with Crippen LogP contribution in [0.15, 0.2) is 34.4 Å². The molecule has 4 heteroatoms. The first-order chi connectivity index (χ1) is 7.25. The van der Waals surface area contributed by atoms with Crippen molar-refractivity contribution in [1.29, 1.82) is 0 Å². The first-order valence-corrected chi connectivity index (χ1v) is 5.36. The molecule has 0 spiro atoms. The maximum atomic E-state index is 11.6. The van der Waals surface area contributed by atoms with Crippen LogP contribution in [-0.4, -0.2) is 10.1 Å². The summed E-state index contributed by atoms with van der Waals surface area (Å²) in [5.74, 6) is 0.210. The van der Waals surface area contributed by atoms with Gasteiger partial charge in [0.15, 0.2) is 0 Å². The van der Waals surface area contributed by atoms with Gasteiger partial charge in [-0.15, -0.1) is 11.3 Å². The molecule has 0 radical (unpaired) electrons. The van der Waals surface area contributed by atoms with Crippen LogP contribution in [0, 0.1) is 0 Å². The predicted molar refractivity (Wildman–Crippen MR) is 61.6 cm³/mol. The lowest BCUT2D eigenvalue weighted by atomic mass is 10.1. The van der Waals surface area contributed by atoms with Crippen molar-refractivity contribution in [2.75, 3.05) is 0 Å². The molecule has 3 rings (SSSR count). The standard InChI is InChI=1S/C11H7NO2S/c13-6-1-2-9-8(5-6)7-3-4-15-10(7)11(14)12-9/h1-5,13H,(H,12,14). The maximum absolute atomic E-state index is 11.6. The number of rotatable bonds is 0. The summed E-state index contributed by atoms with van der Waals surface area (Å²) in [6.45, 7) is 0. The zero-order chi connectivity index (χ0) is 10.4. The number of phenols is 1. The van der Waals surface area contributed by atoms with Crippen molar-refractivity contribution in [3.8, 4) is 5.75 Å². The molecule has 0 atom stereocenters. The van der Waals surface area contributed by atoms with Crippen LogP contribution in [-0.2, 0) is 0 Å². The highest BCUT2D eigenvalue weighted by Crippen LogP contribution is 2.27. The third kappa shape index (κ3) is 1.15. The van der Waals surface area contributed by atoms with E-state index >= 15 is 0 Å². The molecule has 3 aromatic rings. The van der Waals surface area contributed by atoms with Crippen LogP contribution in [0.5, 0.6) is 5.75 Å². The van der Waals surface area contributed by atoms with Gasteiger partial charge in [0.05, 0.1) is 0 Å². The van der Waals surface area contributed by atoms with Gasteiger partial charge in [0.25, 0.3) is 5.56 Å². The van der Waals surface area contributed by atoms with Crippen molar-refractivity contribution in [2.45, 2.75) is 0 Å². The third-order valence-electron chi connectivity index (χ3n) is 2.41. The summed E-state index contributed by atoms with van der Waals surface area (Å²) in [6, 6.07) is 6.84. The van der Waals surface area contributed by atoms with Gasteiger partial charge in [0.1, 0.15) is 10.4 Å². The van der Waals surface area contributed by atoms with Crippen molar-refractivity contribution >= 4 is 32.3 Å². The second kappa shape index (κ2) is 2.84. The Bertz CT molecular complexity index is 711. The van der Waals surface area contributed by atoms with Crippen molar-refractivity contribution in [2.24, 2.45) is 0 Å². The monoisotopic (exact) mass is 217 g/mol. The number of aromatic amines is 1. The molecule has 0 aliphatic carbocycles. The summed E-state index contributed by atoms with van der Waals surface area (Å²) >= 11 is 1.41. The minimum absolute atomic E-state index is 0.0711. The Balaban J connectivity index is 2.67. The van der Waals surface area contributed by atoms with Crippen LogP contribution < -0.4 is 5.56 Å². The van der Waals surface area contributed by atoms with Crippen molar-refractivity contribution in [3.63, 3.8) is 0 Å². The number of aromatic hydroxyl groups is 1. The second-order valence-electron chi connectivity index (χ2n) is 3.35. The zero-order valence-corrected chi connectivity index (χ0v) is 8.47. The quantitative estimate of drug-likeness (QED) is 0.607. The van der Waals surface area contributed by atoms with E-state index in [4.69, 9.17) is 0 Å². The lowest BCUT2D eigenvalue weighted by molar-refractivity contribution is 0.476. The molecule has 74 valence electrons. The lowest BCUT2D eigenvalue weighted by Gasteiger charge is -1.99. The summed E-state index contributed by atoms with van der Waals surface area (Å²) in [7, 11) is 0. The molecule has 0 bridgehead atoms. The van der Waals surface area contributed by atoms with Gasteiger partial charge in [-0.3, -0.25) is 4.79 Å².